The molecule has 0 heterocycles. The van der Waals surface area contributed by atoms with E-state index in [4.69, 9.17) is 10.9 Å². The predicted octanol–water partition coefficient (Wildman–Crippen LogP) is 3.12. The van der Waals surface area contributed by atoms with Gasteiger partial charge in [0.2, 0.25) is 0 Å². The van der Waals surface area contributed by atoms with Crippen molar-refractivity contribution in [2.24, 2.45) is 16.8 Å². The van der Waals surface area contributed by atoms with Gasteiger partial charge in [0, 0.05) is 5.92 Å². The first kappa shape index (κ1) is 13.3. The summed E-state index contributed by atoms with van der Waals surface area (Å²) in [6.45, 7) is 4.35. The molecule has 0 rings (SSSR count). The minimum Gasteiger partial charge on any atom is -0.409 e. The molecule has 0 aliphatic carbocycles. The fourth-order valence-corrected chi connectivity index (χ4v) is 1.61. The number of rotatable bonds is 8. The summed E-state index contributed by atoms with van der Waals surface area (Å²) < 4.78 is 0. The Kier molecular flexibility index (Phi) is 8.39. The zero-order valence-electron chi connectivity index (χ0n) is 9.50. The van der Waals surface area contributed by atoms with E-state index in [1.165, 1.54) is 25.7 Å². The summed E-state index contributed by atoms with van der Waals surface area (Å²) in [7, 11) is 0. The van der Waals surface area contributed by atoms with E-state index in [0.29, 0.717) is 5.84 Å². The maximum atomic E-state index is 8.62. The Balaban J connectivity index is 3.85. The summed E-state index contributed by atoms with van der Waals surface area (Å²) in [5.74, 6) is 0.695. The Bertz CT molecular complexity index is 157. The highest BCUT2D eigenvalue weighted by atomic mass is 16.4. The van der Waals surface area contributed by atoms with Crippen molar-refractivity contribution in [3.63, 3.8) is 0 Å². The molecule has 0 spiro atoms. The van der Waals surface area contributed by atoms with Crippen LogP contribution in [-0.4, -0.2) is 11.0 Å². The largest absolute Gasteiger partial charge is 0.409 e. The third-order valence-corrected chi connectivity index (χ3v) is 2.60. The molecule has 84 valence electrons. The Morgan fingerprint density at radius 3 is 2.21 bits per heavy atom. The van der Waals surface area contributed by atoms with Gasteiger partial charge in [0.25, 0.3) is 0 Å². The summed E-state index contributed by atoms with van der Waals surface area (Å²) >= 11 is 0. The van der Waals surface area contributed by atoms with Gasteiger partial charge in [-0.3, -0.25) is 0 Å². The number of hydrogen-bond donors (Lipinski definition) is 2. The number of nitrogens with zero attached hydrogens (tertiary/aromatic N) is 1. The highest BCUT2D eigenvalue weighted by Gasteiger charge is 2.12. The van der Waals surface area contributed by atoms with Crippen LogP contribution in [-0.2, 0) is 0 Å². The van der Waals surface area contributed by atoms with Crippen molar-refractivity contribution >= 4 is 5.84 Å². The topological polar surface area (TPSA) is 58.6 Å². The number of oxime groups is 1. The van der Waals surface area contributed by atoms with E-state index in [2.05, 4.69) is 19.0 Å². The Morgan fingerprint density at radius 1 is 1.14 bits per heavy atom. The van der Waals surface area contributed by atoms with Gasteiger partial charge in [-0.15, -0.1) is 0 Å². The zero-order valence-corrected chi connectivity index (χ0v) is 9.50. The van der Waals surface area contributed by atoms with Crippen LogP contribution in [0.25, 0.3) is 0 Å². The Morgan fingerprint density at radius 2 is 1.71 bits per heavy atom. The molecular formula is C11H24N2O. The molecule has 0 aliphatic rings. The second-order valence-electron chi connectivity index (χ2n) is 3.86. The third kappa shape index (κ3) is 5.84. The molecule has 1 unspecified atom stereocenters. The molecule has 0 aromatic heterocycles. The smallest absolute Gasteiger partial charge is 0.142 e. The highest BCUT2D eigenvalue weighted by molar-refractivity contribution is 5.82. The van der Waals surface area contributed by atoms with Gasteiger partial charge in [-0.25, -0.2) is 0 Å². The van der Waals surface area contributed by atoms with Gasteiger partial charge in [0.05, 0.1) is 0 Å². The van der Waals surface area contributed by atoms with Gasteiger partial charge in [-0.2, -0.15) is 0 Å². The monoisotopic (exact) mass is 200 g/mol. The first-order chi connectivity index (χ1) is 6.76. The molecule has 0 radical (unpaired) electrons. The summed E-state index contributed by atoms with van der Waals surface area (Å²) in [5, 5.41) is 11.7. The number of amidine groups is 1. The summed E-state index contributed by atoms with van der Waals surface area (Å²) in [4.78, 5) is 0. The van der Waals surface area contributed by atoms with Crippen molar-refractivity contribution in [3.8, 4) is 0 Å². The van der Waals surface area contributed by atoms with Crippen LogP contribution in [0.15, 0.2) is 5.16 Å². The van der Waals surface area contributed by atoms with Crippen LogP contribution in [0.5, 0.6) is 0 Å². The molecule has 14 heavy (non-hydrogen) atoms. The molecule has 1 atom stereocenters. The second kappa shape index (κ2) is 8.85. The molecule has 0 fully saturated rings. The van der Waals surface area contributed by atoms with Crippen molar-refractivity contribution < 1.29 is 5.21 Å². The van der Waals surface area contributed by atoms with Gasteiger partial charge in [0.15, 0.2) is 0 Å². The molecule has 0 aromatic rings. The lowest BCUT2D eigenvalue weighted by atomic mass is 9.94. The van der Waals surface area contributed by atoms with Crippen molar-refractivity contribution in [3.05, 3.63) is 0 Å². The lowest BCUT2D eigenvalue weighted by molar-refractivity contribution is 0.311. The summed E-state index contributed by atoms with van der Waals surface area (Å²) in [5.41, 5.74) is 5.64. The van der Waals surface area contributed by atoms with Gasteiger partial charge in [0.1, 0.15) is 5.84 Å². The molecule has 3 N–H and O–H groups in total. The molecule has 0 aliphatic heterocycles. The third-order valence-electron chi connectivity index (χ3n) is 2.60. The van der Waals surface area contributed by atoms with E-state index >= 15 is 0 Å². The molecule has 3 heteroatoms. The van der Waals surface area contributed by atoms with Crippen LogP contribution in [0.4, 0.5) is 0 Å². The Labute approximate surface area is 87.4 Å². The quantitative estimate of drug-likeness (QED) is 0.208. The van der Waals surface area contributed by atoms with E-state index in [1.54, 1.807) is 0 Å². The van der Waals surface area contributed by atoms with Crippen molar-refractivity contribution in [2.45, 2.75) is 58.8 Å². The molecular weight excluding hydrogens is 176 g/mol. The Hall–Kier alpha value is -0.730. The first-order valence-electron chi connectivity index (χ1n) is 5.73. The number of hydrogen-bond acceptors (Lipinski definition) is 2. The SMILES string of the molecule is CCCCCC(CCCC)/C(N)=N/O. The lowest BCUT2D eigenvalue weighted by Gasteiger charge is -2.14. The minimum atomic E-state index is 0.284. The second-order valence-corrected chi connectivity index (χ2v) is 3.86. The molecule has 0 amide bonds. The number of unbranched alkanes of at least 4 members (excludes halogenated alkanes) is 3. The van der Waals surface area contributed by atoms with Crippen molar-refractivity contribution in [1.82, 2.24) is 0 Å². The lowest BCUT2D eigenvalue weighted by Crippen LogP contribution is -2.23. The maximum Gasteiger partial charge on any atom is 0.142 e. The van der Waals surface area contributed by atoms with Crippen LogP contribution in [0, 0.1) is 5.92 Å². The van der Waals surface area contributed by atoms with Crippen LogP contribution in [0.1, 0.15) is 58.8 Å². The average Bonchev–Trinajstić information content (AvgIpc) is 2.22. The van der Waals surface area contributed by atoms with E-state index in [0.717, 1.165) is 19.3 Å². The van der Waals surface area contributed by atoms with Crippen LogP contribution in [0.2, 0.25) is 0 Å². The highest BCUT2D eigenvalue weighted by Crippen LogP contribution is 2.16. The molecule has 0 aromatic carbocycles. The summed E-state index contributed by atoms with van der Waals surface area (Å²) in [6, 6.07) is 0. The first-order valence-corrected chi connectivity index (χ1v) is 5.73. The molecule has 0 saturated heterocycles. The number of nitrogens with two attached hydrogens (primary N) is 1. The predicted molar refractivity (Wildman–Crippen MR) is 60.6 cm³/mol. The van der Waals surface area contributed by atoms with Gasteiger partial charge in [-0.05, 0) is 12.8 Å². The minimum absolute atomic E-state index is 0.284. The van der Waals surface area contributed by atoms with Crippen LogP contribution >= 0.6 is 0 Å². The fraction of sp³-hybridized carbons (Fsp3) is 0.909. The maximum absolute atomic E-state index is 8.62. The van der Waals surface area contributed by atoms with E-state index in [-0.39, 0.29) is 5.92 Å². The van der Waals surface area contributed by atoms with Crippen LogP contribution < -0.4 is 5.73 Å². The van der Waals surface area contributed by atoms with Gasteiger partial charge < -0.3 is 10.9 Å². The normalized spacial score (nSPS) is 14.3. The summed E-state index contributed by atoms with van der Waals surface area (Å²) in [6.07, 6.45) is 8.08. The molecule has 3 nitrogen and oxygen atoms in total. The van der Waals surface area contributed by atoms with Gasteiger partial charge >= 0.3 is 0 Å². The van der Waals surface area contributed by atoms with E-state index in [9.17, 15) is 0 Å². The van der Waals surface area contributed by atoms with E-state index < -0.39 is 0 Å². The van der Waals surface area contributed by atoms with Crippen molar-refractivity contribution in [1.29, 1.82) is 0 Å². The fourth-order valence-electron chi connectivity index (χ4n) is 1.61. The standard InChI is InChI=1S/C11H24N2O/c1-3-5-7-9-10(8-6-4-2)11(12)13-14/h10,14H,3-9H2,1-2H3,(H2,12,13). The molecule has 0 bridgehead atoms. The van der Waals surface area contributed by atoms with Crippen molar-refractivity contribution in [2.75, 3.05) is 0 Å². The van der Waals surface area contributed by atoms with Crippen LogP contribution in [0.3, 0.4) is 0 Å². The van der Waals surface area contributed by atoms with E-state index in [1.807, 2.05) is 0 Å². The zero-order chi connectivity index (χ0) is 10.8. The van der Waals surface area contributed by atoms with Gasteiger partial charge in [-0.1, -0.05) is 51.1 Å². The molecule has 0 saturated carbocycles. The average molecular weight is 200 g/mol.